The van der Waals surface area contributed by atoms with Crippen molar-refractivity contribution in [1.29, 1.82) is 0 Å². The van der Waals surface area contributed by atoms with Gasteiger partial charge in [0.25, 0.3) is 0 Å². The summed E-state index contributed by atoms with van der Waals surface area (Å²) in [6.45, 7) is 0. The van der Waals surface area contributed by atoms with E-state index in [0.29, 0.717) is 5.13 Å². The minimum Gasteiger partial charge on any atom is -0.298 e. The summed E-state index contributed by atoms with van der Waals surface area (Å²) in [5.41, 5.74) is 1.76. The Morgan fingerprint density at radius 1 is 1.08 bits per heavy atom. The Labute approximate surface area is 150 Å². The van der Waals surface area contributed by atoms with Gasteiger partial charge in [0, 0.05) is 16.3 Å². The number of fused-ring (bicyclic) bond motifs is 1. The summed E-state index contributed by atoms with van der Waals surface area (Å²) in [6.07, 6.45) is 3.31. The number of thiazole rings is 2. The van der Waals surface area contributed by atoms with Crippen molar-refractivity contribution in [2.45, 2.75) is 0 Å². The van der Waals surface area contributed by atoms with Crippen LogP contribution in [-0.2, 0) is 4.79 Å². The monoisotopic (exact) mass is 369 g/mol. The number of hydrogen-bond acceptors (Lipinski definition) is 6. The number of carbonyl (C=O) groups is 1. The van der Waals surface area contributed by atoms with Crippen LogP contribution in [0.2, 0.25) is 0 Å². The van der Waals surface area contributed by atoms with Crippen molar-refractivity contribution >= 4 is 61.3 Å². The van der Waals surface area contributed by atoms with Crippen molar-refractivity contribution in [1.82, 2.24) is 9.97 Å². The van der Waals surface area contributed by atoms with Crippen LogP contribution < -0.4 is 5.32 Å². The molecule has 4 nitrogen and oxygen atoms in total. The molecule has 3 aromatic heterocycles. The summed E-state index contributed by atoms with van der Waals surface area (Å²) in [5, 5.41) is 8.12. The average molecular weight is 369 g/mol. The van der Waals surface area contributed by atoms with Gasteiger partial charge in [-0.3, -0.25) is 10.1 Å². The van der Waals surface area contributed by atoms with Crippen LogP contribution in [0.25, 0.3) is 27.0 Å². The van der Waals surface area contributed by atoms with Gasteiger partial charge in [-0.1, -0.05) is 18.2 Å². The van der Waals surface area contributed by atoms with Gasteiger partial charge in [-0.2, -0.15) is 0 Å². The van der Waals surface area contributed by atoms with Gasteiger partial charge in [0.05, 0.1) is 10.2 Å². The van der Waals surface area contributed by atoms with Crippen molar-refractivity contribution in [3.63, 3.8) is 0 Å². The molecule has 1 N–H and O–H groups in total. The third kappa shape index (κ3) is 3.28. The molecule has 1 amide bonds. The predicted molar refractivity (Wildman–Crippen MR) is 103 cm³/mol. The molecule has 0 aliphatic heterocycles. The second kappa shape index (κ2) is 6.64. The summed E-state index contributed by atoms with van der Waals surface area (Å²) >= 11 is 4.58. The Kier molecular flexibility index (Phi) is 4.20. The molecule has 0 saturated heterocycles. The molecule has 24 heavy (non-hydrogen) atoms. The van der Waals surface area contributed by atoms with Crippen LogP contribution in [0.1, 0.15) is 4.88 Å². The quantitative estimate of drug-likeness (QED) is 0.507. The molecule has 0 saturated carbocycles. The molecule has 0 aliphatic carbocycles. The fourth-order valence-corrected chi connectivity index (χ4v) is 4.42. The first-order valence-corrected chi connectivity index (χ1v) is 9.69. The van der Waals surface area contributed by atoms with E-state index >= 15 is 0 Å². The van der Waals surface area contributed by atoms with Crippen LogP contribution in [0, 0.1) is 0 Å². The molecule has 0 radical (unpaired) electrons. The molecule has 0 atom stereocenters. The van der Waals surface area contributed by atoms with E-state index in [2.05, 4.69) is 15.3 Å². The maximum atomic E-state index is 12.0. The number of anilines is 1. The van der Waals surface area contributed by atoms with Crippen molar-refractivity contribution in [2.75, 3.05) is 5.32 Å². The minimum atomic E-state index is -0.186. The molecule has 1 aromatic carbocycles. The van der Waals surface area contributed by atoms with E-state index < -0.39 is 0 Å². The van der Waals surface area contributed by atoms with Crippen LogP contribution in [-0.4, -0.2) is 15.9 Å². The summed E-state index contributed by atoms with van der Waals surface area (Å²) < 4.78 is 1.13. The number of thiophene rings is 1. The third-order valence-corrected chi connectivity index (χ3v) is 5.84. The van der Waals surface area contributed by atoms with Crippen molar-refractivity contribution in [3.05, 3.63) is 58.1 Å². The molecule has 7 heteroatoms. The van der Waals surface area contributed by atoms with E-state index in [1.165, 1.54) is 17.4 Å². The maximum absolute atomic E-state index is 12.0. The lowest BCUT2D eigenvalue weighted by Gasteiger charge is -1.95. The molecule has 0 aliphatic rings. The Morgan fingerprint density at radius 3 is 2.83 bits per heavy atom. The Bertz CT molecular complexity index is 982. The summed E-state index contributed by atoms with van der Waals surface area (Å²) in [6, 6.07) is 11.9. The van der Waals surface area contributed by atoms with Crippen LogP contribution >= 0.6 is 34.0 Å². The van der Waals surface area contributed by atoms with Gasteiger partial charge in [0.15, 0.2) is 5.13 Å². The number of nitrogens with zero attached hydrogens (tertiary/aromatic N) is 2. The smallest absolute Gasteiger partial charge is 0.250 e. The number of nitrogens with one attached hydrogen (secondary N) is 1. The highest BCUT2D eigenvalue weighted by Crippen LogP contribution is 2.31. The highest BCUT2D eigenvalue weighted by Gasteiger charge is 2.10. The first kappa shape index (κ1) is 15.2. The lowest BCUT2D eigenvalue weighted by Crippen LogP contribution is -2.07. The average Bonchev–Trinajstić information content (AvgIpc) is 3.32. The molecule has 0 bridgehead atoms. The van der Waals surface area contributed by atoms with Gasteiger partial charge in [0.1, 0.15) is 10.7 Å². The maximum Gasteiger partial charge on any atom is 0.250 e. The first-order valence-electron chi connectivity index (χ1n) is 7.12. The minimum absolute atomic E-state index is 0.186. The van der Waals surface area contributed by atoms with Gasteiger partial charge in [0.2, 0.25) is 5.91 Å². The highest BCUT2D eigenvalue weighted by atomic mass is 32.1. The molecule has 3 heterocycles. The predicted octanol–water partition coefficient (Wildman–Crippen LogP) is 5.13. The van der Waals surface area contributed by atoms with E-state index in [0.717, 1.165) is 25.8 Å². The molecule has 0 fully saturated rings. The summed E-state index contributed by atoms with van der Waals surface area (Å²) in [7, 11) is 0. The summed E-state index contributed by atoms with van der Waals surface area (Å²) in [4.78, 5) is 22.0. The molecular formula is C17H11N3OS3. The zero-order valence-electron chi connectivity index (χ0n) is 12.3. The van der Waals surface area contributed by atoms with Crippen molar-refractivity contribution in [3.8, 4) is 10.7 Å². The largest absolute Gasteiger partial charge is 0.298 e. The Hall–Kier alpha value is -2.35. The van der Waals surface area contributed by atoms with Gasteiger partial charge in [-0.25, -0.2) is 9.97 Å². The van der Waals surface area contributed by atoms with E-state index in [1.807, 2.05) is 47.2 Å². The fraction of sp³-hybridized carbons (Fsp3) is 0. The van der Waals surface area contributed by atoms with E-state index in [-0.39, 0.29) is 5.91 Å². The van der Waals surface area contributed by atoms with E-state index in [1.54, 1.807) is 28.7 Å². The summed E-state index contributed by atoms with van der Waals surface area (Å²) in [5.74, 6) is -0.186. The van der Waals surface area contributed by atoms with Crippen LogP contribution in [0.4, 0.5) is 5.13 Å². The molecular weight excluding hydrogens is 358 g/mol. The number of benzene rings is 1. The van der Waals surface area contributed by atoms with Crippen molar-refractivity contribution in [2.24, 2.45) is 0 Å². The standard InChI is InChI=1S/C17H11N3OS3/c21-15(8-7-11-4-3-9-22-11)20-17-19-13(10-23-17)16-18-12-5-1-2-6-14(12)24-16/h1-10H,(H,19,20,21). The Balaban J connectivity index is 1.49. The number of amides is 1. The SMILES string of the molecule is O=C(C=Cc1cccs1)Nc1nc(-c2nc3ccccc3s2)cs1. The number of aromatic nitrogens is 2. The van der Waals surface area contributed by atoms with Crippen molar-refractivity contribution < 1.29 is 4.79 Å². The van der Waals surface area contributed by atoms with Crippen LogP contribution in [0.15, 0.2) is 53.2 Å². The molecule has 4 rings (SSSR count). The zero-order valence-corrected chi connectivity index (χ0v) is 14.8. The Morgan fingerprint density at radius 2 is 2.00 bits per heavy atom. The van der Waals surface area contributed by atoms with Crippen LogP contribution in [0.5, 0.6) is 0 Å². The molecule has 4 aromatic rings. The van der Waals surface area contributed by atoms with E-state index in [9.17, 15) is 4.79 Å². The van der Waals surface area contributed by atoms with Gasteiger partial charge in [-0.15, -0.1) is 34.0 Å². The van der Waals surface area contributed by atoms with Gasteiger partial charge >= 0.3 is 0 Å². The molecule has 0 spiro atoms. The number of hydrogen-bond donors (Lipinski definition) is 1. The molecule has 118 valence electrons. The lowest BCUT2D eigenvalue weighted by molar-refractivity contribution is -0.111. The third-order valence-electron chi connectivity index (χ3n) is 3.19. The topological polar surface area (TPSA) is 54.9 Å². The second-order valence-electron chi connectivity index (χ2n) is 4.86. The van der Waals surface area contributed by atoms with Gasteiger partial charge in [-0.05, 0) is 29.7 Å². The van der Waals surface area contributed by atoms with Gasteiger partial charge < -0.3 is 0 Å². The second-order valence-corrected chi connectivity index (χ2v) is 7.73. The molecule has 0 unspecified atom stereocenters. The lowest BCUT2D eigenvalue weighted by atomic mass is 10.3. The number of para-hydroxylation sites is 1. The first-order chi connectivity index (χ1) is 11.8. The number of rotatable bonds is 4. The number of carbonyl (C=O) groups excluding carboxylic acids is 1. The van der Waals surface area contributed by atoms with Crippen LogP contribution in [0.3, 0.4) is 0 Å². The normalized spacial score (nSPS) is 11.3. The zero-order chi connectivity index (χ0) is 16.4. The highest BCUT2D eigenvalue weighted by molar-refractivity contribution is 7.22. The fourth-order valence-electron chi connectivity index (χ4n) is 2.10. The van der Waals surface area contributed by atoms with E-state index in [4.69, 9.17) is 0 Å².